The van der Waals surface area contributed by atoms with E-state index in [1.807, 2.05) is 36.0 Å². The Kier molecular flexibility index (Phi) is 8.04. The van der Waals surface area contributed by atoms with E-state index in [0.717, 1.165) is 39.2 Å². The number of hydrogen-bond donors (Lipinski definition) is 0. The lowest BCUT2D eigenvalue weighted by molar-refractivity contribution is 0.724. The highest BCUT2D eigenvalue weighted by Crippen LogP contribution is 2.62. The van der Waals surface area contributed by atoms with Gasteiger partial charge >= 0.3 is 0 Å². The fraction of sp³-hybridized carbons (Fsp3) is 0.0175. The first-order valence-electron chi connectivity index (χ1n) is 20.5. The van der Waals surface area contributed by atoms with Crippen molar-refractivity contribution in [3.8, 4) is 67.3 Å². The number of hydrogen-bond acceptors (Lipinski definition) is 3. The summed E-state index contributed by atoms with van der Waals surface area (Å²) in [6.45, 7) is 0. The summed E-state index contributed by atoms with van der Waals surface area (Å²) in [6.07, 6.45) is 0. The van der Waals surface area contributed by atoms with E-state index in [4.69, 9.17) is 9.97 Å². The van der Waals surface area contributed by atoms with E-state index in [0.29, 0.717) is 5.82 Å². The molecule has 0 bridgehead atoms. The van der Waals surface area contributed by atoms with Crippen molar-refractivity contribution in [2.45, 2.75) is 15.2 Å². The van der Waals surface area contributed by atoms with Crippen molar-refractivity contribution < 1.29 is 0 Å². The quantitative estimate of drug-likeness (QED) is 0.174. The second kappa shape index (κ2) is 13.9. The topological polar surface area (TPSA) is 25.8 Å². The lowest BCUT2D eigenvalue weighted by Gasteiger charge is -2.40. The zero-order chi connectivity index (χ0) is 39.6. The third kappa shape index (κ3) is 5.51. The van der Waals surface area contributed by atoms with Crippen LogP contribution in [0, 0.1) is 0 Å². The maximum Gasteiger partial charge on any atom is 0.160 e. The Bertz CT molecular complexity index is 3190. The van der Waals surface area contributed by atoms with Gasteiger partial charge in [0.1, 0.15) is 0 Å². The highest BCUT2D eigenvalue weighted by atomic mass is 32.2. The van der Waals surface area contributed by atoms with Crippen LogP contribution in [-0.4, -0.2) is 9.97 Å². The van der Waals surface area contributed by atoms with Crippen molar-refractivity contribution in [1.29, 1.82) is 0 Å². The minimum absolute atomic E-state index is 0.421. The van der Waals surface area contributed by atoms with Crippen molar-refractivity contribution in [2.24, 2.45) is 0 Å². The Balaban J connectivity index is 0.970. The van der Waals surface area contributed by atoms with Crippen molar-refractivity contribution in [3.05, 3.63) is 241 Å². The molecule has 0 saturated heterocycles. The van der Waals surface area contributed by atoms with Crippen LogP contribution < -0.4 is 0 Å². The smallest absolute Gasteiger partial charge is 0.160 e. The molecule has 280 valence electrons. The Morgan fingerprint density at radius 3 is 1.45 bits per heavy atom. The lowest BCUT2D eigenvalue weighted by atomic mass is 9.67. The van der Waals surface area contributed by atoms with E-state index < -0.39 is 5.41 Å². The van der Waals surface area contributed by atoms with E-state index in [1.54, 1.807) is 0 Å². The summed E-state index contributed by atoms with van der Waals surface area (Å²) in [7, 11) is 0. The molecule has 1 aliphatic carbocycles. The molecular formula is C57H36N2S. The Morgan fingerprint density at radius 1 is 0.300 bits per heavy atom. The highest BCUT2D eigenvalue weighted by Gasteiger charge is 2.50. The summed E-state index contributed by atoms with van der Waals surface area (Å²) in [5.41, 5.74) is 17.2. The fourth-order valence-electron chi connectivity index (χ4n) is 9.58. The molecule has 3 heteroatoms. The van der Waals surface area contributed by atoms with Crippen LogP contribution in [0.15, 0.2) is 228 Å². The molecule has 1 aliphatic heterocycles. The van der Waals surface area contributed by atoms with Gasteiger partial charge in [-0.25, -0.2) is 9.97 Å². The van der Waals surface area contributed by atoms with Gasteiger partial charge in [0.05, 0.1) is 16.8 Å². The van der Waals surface area contributed by atoms with E-state index in [9.17, 15) is 0 Å². The molecule has 1 aromatic heterocycles. The summed E-state index contributed by atoms with van der Waals surface area (Å²) in [4.78, 5) is 12.7. The molecule has 0 amide bonds. The molecule has 2 heterocycles. The van der Waals surface area contributed by atoms with Gasteiger partial charge in [-0.3, -0.25) is 0 Å². The van der Waals surface area contributed by atoms with E-state index in [-0.39, 0.29) is 0 Å². The summed E-state index contributed by atoms with van der Waals surface area (Å²) in [5.74, 6) is 0.715. The first-order valence-corrected chi connectivity index (χ1v) is 21.3. The zero-order valence-electron chi connectivity index (χ0n) is 32.6. The summed E-state index contributed by atoms with van der Waals surface area (Å²) in [6, 6.07) is 79.3. The van der Waals surface area contributed by atoms with Gasteiger partial charge < -0.3 is 0 Å². The number of aromatic nitrogens is 2. The second-order valence-corrected chi connectivity index (χ2v) is 16.8. The number of benzene rings is 9. The molecule has 0 saturated carbocycles. The van der Waals surface area contributed by atoms with E-state index in [1.165, 1.54) is 65.1 Å². The van der Waals surface area contributed by atoms with Crippen molar-refractivity contribution in [1.82, 2.24) is 9.97 Å². The minimum atomic E-state index is -0.421. The lowest BCUT2D eigenvalue weighted by Crippen LogP contribution is -2.32. The molecule has 12 rings (SSSR count). The van der Waals surface area contributed by atoms with Crippen molar-refractivity contribution >= 4 is 22.5 Å². The third-order valence-corrected chi connectivity index (χ3v) is 13.4. The molecule has 60 heavy (non-hydrogen) atoms. The Morgan fingerprint density at radius 2 is 0.783 bits per heavy atom. The molecule has 0 fully saturated rings. The molecule has 0 radical (unpaired) electrons. The largest absolute Gasteiger partial charge is 0.228 e. The van der Waals surface area contributed by atoms with Crippen LogP contribution >= 0.6 is 11.8 Å². The van der Waals surface area contributed by atoms with E-state index in [2.05, 4.69) is 194 Å². The first kappa shape index (κ1) is 34.7. The average Bonchev–Trinajstić information content (AvgIpc) is 3.62. The van der Waals surface area contributed by atoms with Crippen LogP contribution in [-0.2, 0) is 5.41 Å². The fourth-order valence-corrected chi connectivity index (χ4v) is 10.8. The molecule has 0 N–H and O–H groups in total. The maximum atomic E-state index is 5.12. The van der Waals surface area contributed by atoms with Gasteiger partial charge in [-0.05, 0) is 103 Å². The molecule has 9 aromatic carbocycles. The van der Waals surface area contributed by atoms with Crippen LogP contribution in [0.3, 0.4) is 0 Å². The standard InChI is InChI=1S/C57H36N2S/c1-3-15-37(16-4-1)52-36-53(59-56(58-52)38-17-5-2-6-18-38)45-24-14-23-41(32-45)39-21-13-22-40(31-39)44-29-30-50-54(35-44)60-55-34-43-20-8-7-19-42(43)33-51(55)57(50)48-27-11-9-25-46(48)47-26-10-12-28-49(47)57/h1-36H. The first-order chi connectivity index (χ1) is 29.7. The second-order valence-electron chi connectivity index (χ2n) is 15.7. The molecule has 0 unspecified atom stereocenters. The van der Waals surface area contributed by atoms with E-state index >= 15 is 0 Å². The molecule has 0 atom stereocenters. The predicted molar refractivity (Wildman–Crippen MR) is 248 cm³/mol. The number of fused-ring (bicyclic) bond motifs is 10. The molecule has 2 nitrogen and oxygen atoms in total. The summed E-state index contributed by atoms with van der Waals surface area (Å²) in [5, 5.41) is 2.54. The maximum absolute atomic E-state index is 5.12. The van der Waals surface area contributed by atoms with Gasteiger partial charge in [0.15, 0.2) is 5.82 Å². The normalized spacial score (nSPS) is 13.1. The van der Waals surface area contributed by atoms with Gasteiger partial charge in [-0.1, -0.05) is 194 Å². The van der Waals surface area contributed by atoms with Crippen LogP contribution in [0.2, 0.25) is 0 Å². The van der Waals surface area contributed by atoms with Crippen molar-refractivity contribution in [3.63, 3.8) is 0 Å². The molecule has 10 aromatic rings. The predicted octanol–water partition coefficient (Wildman–Crippen LogP) is 14.8. The Labute approximate surface area is 353 Å². The molecular weight excluding hydrogens is 745 g/mol. The van der Waals surface area contributed by atoms with Gasteiger partial charge in [0, 0.05) is 26.5 Å². The number of nitrogens with zero attached hydrogens (tertiary/aromatic N) is 2. The number of rotatable bonds is 5. The summed E-state index contributed by atoms with van der Waals surface area (Å²) < 4.78 is 0. The van der Waals surface area contributed by atoms with Crippen LogP contribution in [0.1, 0.15) is 22.3 Å². The van der Waals surface area contributed by atoms with Crippen LogP contribution in [0.5, 0.6) is 0 Å². The van der Waals surface area contributed by atoms with Gasteiger partial charge in [-0.2, -0.15) is 0 Å². The summed E-state index contributed by atoms with van der Waals surface area (Å²) >= 11 is 1.90. The van der Waals surface area contributed by atoms with Gasteiger partial charge in [0.25, 0.3) is 0 Å². The Hall–Kier alpha value is -7.33. The van der Waals surface area contributed by atoms with Crippen molar-refractivity contribution in [2.75, 3.05) is 0 Å². The van der Waals surface area contributed by atoms with Crippen LogP contribution in [0.25, 0.3) is 78.1 Å². The monoisotopic (exact) mass is 780 g/mol. The third-order valence-electron chi connectivity index (χ3n) is 12.3. The van der Waals surface area contributed by atoms with Gasteiger partial charge in [0.2, 0.25) is 0 Å². The van der Waals surface area contributed by atoms with Crippen LogP contribution in [0.4, 0.5) is 0 Å². The molecule has 2 aliphatic rings. The minimum Gasteiger partial charge on any atom is -0.228 e. The average molecular weight is 781 g/mol. The highest BCUT2D eigenvalue weighted by molar-refractivity contribution is 7.99. The molecule has 1 spiro atoms. The zero-order valence-corrected chi connectivity index (χ0v) is 33.4. The SMILES string of the molecule is c1ccc(-c2cc(-c3cccc(-c4cccc(-c5ccc6c(c5)Sc5cc7ccccc7cc5C65c6ccccc6-c6ccccc65)c4)c3)nc(-c3ccccc3)n2)cc1. The van der Waals surface area contributed by atoms with Gasteiger partial charge in [-0.15, -0.1) is 0 Å².